The van der Waals surface area contributed by atoms with Gasteiger partial charge in [-0.15, -0.1) is 11.8 Å². The van der Waals surface area contributed by atoms with Crippen molar-refractivity contribution < 1.29 is 14.6 Å². The number of rotatable bonds is 8. The lowest BCUT2D eigenvalue weighted by molar-refractivity contribution is -0.142. The third-order valence-corrected chi connectivity index (χ3v) is 3.59. The highest BCUT2D eigenvalue weighted by Gasteiger charge is 2.19. The molecule has 0 aliphatic carbocycles. The number of esters is 1. The van der Waals surface area contributed by atoms with Gasteiger partial charge in [0.2, 0.25) is 0 Å². The highest BCUT2D eigenvalue weighted by Crippen LogP contribution is 2.20. The number of carbonyl (C=O) groups is 1. The summed E-state index contributed by atoms with van der Waals surface area (Å²) in [4.78, 5) is 11.5. The van der Waals surface area contributed by atoms with Gasteiger partial charge in [0.05, 0.1) is 6.61 Å². The van der Waals surface area contributed by atoms with E-state index in [4.69, 9.17) is 9.84 Å². The number of ether oxygens (including phenoxy) is 1. The predicted molar refractivity (Wildman–Crippen MR) is 64.0 cm³/mol. The van der Waals surface area contributed by atoms with Crippen LogP contribution in [0.5, 0.6) is 0 Å². The number of thioether (sulfide) groups is 1. The lowest BCUT2D eigenvalue weighted by Gasteiger charge is -2.16. The molecule has 15 heavy (non-hydrogen) atoms. The van der Waals surface area contributed by atoms with Crippen LogP contribution in [-0.2, 0) is 9.53 Å². The van der Waals surface area contributed by atoms with Gasteiger partial charge in [0.1, 0.15) is 5.25 Å². The van der Waals surface area contributed by atoms with Crippen molar-refractivity contribution in [1.29, 1.82) is 0 Å². The monoisotopic (exact) mass is 234 g/mol. The highest BCUT2D eigenvalue weighted by molar-refractivity contribution is 8.00. The van der Waals surface area contributed by atoms with Crippen LogP contribution in [0, 0.1) is 5.92 Å². The summed E-state index contributed by atoms with van der Waals surface area (Å²) in [6.07, 6.45) is 1.83. The molecule has 0 aromatic carbocycles. The van der Waals surface area contributed by atoms with E-state index in [0.717, 1.165) is 18.6 Å². The number of carbonyl (C=O) groups excluding carboxylic acids is 1. The minimum atomic E-state index is -0.116. The van der Waals surface area contributed by atoms with Crippen molar-refractivity contribution in [2.75, 3.05) is 19.0 Å². The fraction of sp³-hybridized carbons (Fsp3) is 0.909. The minimum absolute atomic E-state index is 0.0658. The molecule has 0 saturated heterocycles. The predicted octanol–water partition coefficient (Wildman–Crippen LogP) is 2.08. The molecule has 0 rings (SSSR count). The molecule has 3 nitrogen and oxygen atoms in total. The summed E-state index contributed by atoms with van der Waals surface area (Å²) in [5, 5.41) is 8.82. The zero-order chi connectivity index (χ0) is 11.7. The molecule has 0 aliphatic rings. The van der Waals surface area contributed by atoms with E-state index in [2.05, 4.69) is 6.92 Å². The van der Waals surface area contributed by atoms with Gasteiger partial charge in [0, 0.05) is 6.61 Å². The molecule has 0 amide bonds. The topological polar surface area (TPSA) is 46.5 Å². The summed E-state index contributed by atoms with van der Waals surface area (Å²) >= 11 is 1.59. The van der Waals surface area contributed by atoms with Crippen molar-refractivity contribution in [3.05, 3.63) is 0 Å². The zero-order valence-corrected chi connectivity index (χ0v) is 10.7. The Morgan fingerprint density at radius 3 is 2.60 bits per heavy atom. The molecule has 0 aliphatic heterocycles. The standard InChI is InChI=1S/C11H22O3S/c1-4-6-10(11(13)14-5-2)15-8-9(3)7-12/h9-10,12H,4-8H2,1-3H3. The smallest absolute Gasteiger partial charge is 0.319 e. The van der Waals surface area contributed by atoms with Crippen molar-refractivity contribution >= 4 is 17.7 Å². The third-order valence-electron chi connectivity index (χ3n) is 1.99. The van der Waals surface area contributed by atoms with Gasteiger partial charge in [-0.05, 0) is 25.0 Å². The van der Waals surface area contributed by atoms with Crippen LogP contribution in [0.15, 0.2) is 0 Å². The first-order valence-corrected chi connectivity index (χ1v) is 6.59. The van der Waals surface area contributed by atoms with Gasteiger partial charge in [0.25, 0.3) is 0 Å². The average molecular weight is 234 g/mol. The number of hydrogen-bond donors (Lipinski definition) is 1. The Balaban J connectivity index is 3.97. The lowest BCUT2D eigenvalue weighted by atomic mass is 10.2. The van der Waals surface area contributed by atoms with Crippen molar-refractivity contribution in [1.82, 2.24) is 0 Å². The largest absolute Gasteiger partial charge is 0.465 e. The van der Waals surface area contributed by atoms with Gasteiger partial charge in [-0.2, -0.15) is 0 Å². The molecule has 0 fully saturated rings. The molecule has 1 N–H and O–H groups in total. The Bertz CT molecular complexity index is 173. The summed E-state index contributed by atoms with van der Waals surface area (Å²) in [6, 6.07) is 0. The highest BCUT2D eigenvalue weighted by atomic mass is 32.2. The molecule has 0 radical (unpaired) electrons. The normalized spacial score (nSPS) is 14.7. The number of aliphatic hydroxyl groups is 1. The van der Waals surface area contributed by atoms with E-state index in [1.165, 1.54) is 0 Å². The first-order valence-electron chi connectivity index (χ1n) is 5.54. The van der Waals surface area contributed by atoms with E-state index in [1.807, 2.05) is 13.8 Å². The zero-order valence-electron chi connectivity index (χ0n) is 9.86. The van der Waals surface area contributed by atoms with Gasteiger partial charge in [-0.1, -0.05) is 20.3 Å². The van der Waals surface area contributed by atoms with E-state index < -0.39 is 0 Å². The molecule has 0 saturated carbocycles. The molecule has 4 heteroatoms. The van der Waals surface area contributed by atoms with Gasteiger partial charge in [-0.3, -0.25) is 4.79 Å². The molecular weight excluding hydrogens is 212 g/mol. The Morgan fingerprint density at radius 2 is 2.13 bits per heavy atom. The van der Waals surface area contributed by atoms with E-state index in [0.29, 0.717) is 6.61 Å². The molecular formula is C11H22O3S. The van der Waals surface area contributed by atoms with Gasteiger partial charge < -0.3 is 9.84 Å². The molecule has 0 heterocycles. The third kappa shape index (κ3) is 6.79. The van der Waals surface area contributed by atoms with Crippen LogP contribution in [-0.4, -0.2) is 35.3 Å². The van der Waals surface area contributed by atoms with Crippen LogP contribution < -0.4 is 0 Å². The first kappa shape index (κ1) is 14.8. The van der Waals surface area contributed by atoms with Gasteiger partial charge in [0.15, 0.2) is 0 Å². The van der Waals surface area contributed by atoms with Crippen molar-refractivity contribution in [2.45, 2.75) is 38.9 Å². The molecule has 0 bridgehead atoms. The number of aliphatic hydroxyl groups excluding tert-OH is 1. The maximum Gasteiger partial charge on any atom is 0.319 e. The van der Waals surface area contributed by atoms with E-state index >= 15 is 0 Å². The SMILES string of the molecule is CCCC(SCC(C)CO)C(=O)OCC. The van der Waals surface area contributed by atoms with Gasteiger partial charge >= 0.3 is 5.97 Å². The summed E-state index contributed by atoms with van der Waals surface area (Å²) in [7, 11) is 0. The van der Waals surface area contributed by atoms with E-state index in [9.17, 15) is 4.79 Å². The van der Waals surface area contributed by atoms with Crippen LogP contribution in [0.4, 0.5) is 0 Å². The second-order valence-electron chi connectivity index (χ2n) is 3.65. The minimum Gasteiger partial charge on any atom is -0.465 e. The lowest BCUT2D eigenvalue weighted by Crippen LogP contribution is -2.22. The first-order chi connectivity index (χ1) is 7.15. The Morgan fingerprint density at radius 1 is 1.47 bits per heavy atom. The maximum absolute atomic E-state index is 11.5. The quantitative estimate of drug-likeness (QED) is 0.653. The van der Waals surface area contributed by atoms with Crippen molar-refractivity contribution in [2.24, 2.45) is 5.92 Å². The fourth-order valence-corrected chi connectivity index (χ4v) is 2.37. The summed E-state index contributed by atoms with van der Waals surface area (Å²) in [5.41, 5.74) is 0. The Kier molecular flexibility index (Phi) is 8.91. The Labute approximate surface area is 96.6 Å². The van der Waals surface area contributed by atoms with Crippen molar-refractivity contribution in [3.63, 3.8) is 0 Å². The second kappa shape index (κ2) is 9.04. The molecule has 0 aromatic heterocycles. The van der Waals surface area contributed by atoms with Crippen LogP contribution in [0.3, 0.4) is 0 Å². The summed E-state index contributed by atoms with van der Waals surface area (Å²) < 4.78 is 5.00. The summed E-state index contributed by atoms with van der Waals surface area (Å²) in [6.45, 7) is 6.47. The number of hydrogen-bond acceptors (Lipinski definition) is 4. The average Bonchev–Trinajstić information content (AvgIpc) is 2.23. The van der Waals surface area contributed by atoms with Crippen LogP contribution in [0.25, 0.3) is 0 Å². The molecule has 2 unspecified atom stereocenters. The Hall–Kier alpha value is -0.220. The van der Waals surface area contributed by atoms with E-state index in [1.54, 1.807) is 11.8 Å². The van der Waals surface area contributed by atoms with Crippen LogP contribution in [0.1, 0.15) is 33.6 Å². The molecule has 2 atom stereocenters. The van der Waals surface area contributed by atoms with Gasteiger partial charge in [-0.25, -0.2) is 0 Å². The molecule has 0 spiro atoms. The fourth-order valence-electron chi connectivity index (χ4n) is 1.10. The maximum atomic E-state index is 11.5. The van der Waals surface area contributed by atoms with Crippen molar-refractivity contribution in [3.8, 4) is 0 Å². The summed E-state index contributed by atoms with van der Waals surface area (Å²) in [5.74, 6) is 0.929. The van der Waals surface area contributed by atoms with Crippen LogP contribution in [0.2, 0.25) is 0 Å². The van der Waals surface area contributed by atoms with E-state index in [-0.39, 0.29) is 23.7 Å². The molecule has 90 valence electrons. The van der Waals surface area contributed by atoms with Crippen LogP contribution >= 0.6 is 11.8 Å². The second-order valence-corrected chi connectivity index (χ2v) is 4.89. The molecule has 0 aromatic rings.